The van der Waals surface area contributed by atoms with Gasteiger partial charge in [0.05, 0.1) is 34.8 Å². The van der Waals surface area contributed by atoms with Crippen molar-refractivity contribution in [3.05, 3.63) is 65.5 Å². The summed E-state index contributed by atoms with van der Waals surface area (Å²) in [7, 11) is 1.60. The number of nitrogens with zero attached hydrogens (tertiary/aromatic N) is 5. The van der Waals surface area contributed by atoms with Crippen LogP contribution in [0.5, 0.6) is 5.75 Å². The molecule has 5 rings (SSSR count). The van der Waals surface area contributed by atoms with E-state index in [0.29, 0.717) is 34.7 Å². The zero-order valence-electron chi connectivity index (χ0n) is 17.9. The normalized spacial score (nSPS) is 11.1. The molecule has 4 aromatic heterocycles. The van der Waals surface area contributed by atoms with E-state index < -0.39 is 5.97 Å². The Morgan fingerprint density at radius 3 is 2.76 bits per heavy atom. The first-order valence-corrected chi connectivity index (χ1v) is 11.1. The Morgan fingerprint density at radius 2 is 2.03 bits per heavy atom. The van der Waals surface area contributed by atoms with Crippen molar-refractivity contribution in [3.63, 3.8) is 0 Å². The third-order valence-electron chi connectivity index (χ3n) is 5.05. The second-order valence-corrected chi connectivity index (χ2v) is 7.99. The van der Waals surface area contributed by atoms with Crippen LogP contribution in [-0.2, 0) is 17.9 Å². The topological polar surface area (TPSA) is 105 Å². The molecule has 1 aromatic carbocycles. The van der Waals surface area contributed by atoms with E-state index in [1.807, 2.05) is 48.7 Å². The first kappa shape index (κ1) is 20.8. The van der Waals surface area contributed by atoms with Gasteiger partial charge in [0.2, 0.25) is 5.82 Å². The van der Waals surface area contributed by atoms with Gasteiger partial charge in [-0.05, 0) is 48.7 Å². The molecule has 5 aromatic rings. The quantitative estimate of drug-likeness (QED) is 0.324. The summed E-state index contributed by atoms with van der Waals surface area (Å²) in [6.07, 6.45) is 1.63. The van der Waals surface area contributed by atoms with Gasteiger partial charge in [-0.2, -0.15) is 10.1 Å². The van der Waals surface area contributed by atoms with Crippen molar-refractivity contribution in [2.45, 2.75) is 20.1 Å². The lowest BCUT2D eigenvalue weighted by atomic mass is 10.1. The molecule has 0 saturated carbocycles. The maximum Gasteiger partial charge on any atom is 0.339 e. The van der Waals surface area contributed by atoms with E-state index in [4.69, 9.17) is 19.0 Å². The maximum absolute atomic E-state index is 13.0. The number of carbonyl (C=O) groups excluding carboxylic acids is 1. The zero-order valence-corrected chi connectivity index (χ0v) is 18.7. The highest BCUT2D eigenvalue weighted by Crippen LogP contribution is 2.28. The summed E-state index contributed by atoms with van der Waals surface area (Å²) in [5.74, 6) is 0.815. The first-order valence-electron chi connectivity index (χ1n) is 10.2. The molecule has 0 saturated heterocycles. The lowest BCUT2D eigenvalue weighted by Gasteiger charge is -2.07. The van der Waals surface area contributed by atoms with Crippen molar-refractivity contribution in [1.82, 2.24) is 24.9 Å². The number of hydrogen-bond acceptors (Lipinski definition) is 9. The Bertz CT molecular complexity index is 1410. The average molecular weight is 462 g/mol. The lowest BCUT2D eigenvalue weighted by Crippen LogP contribution is -2.07. The lowest BCUT2D eigenvalue weighted by molar-refractivity contribution is 0.0432. The Labute approximate surface area is 192 Å². The molecule has 0 unspecified atom stereocenters. The summed E-state index contributed by atoms with van der Waals surface area (Å²) in [6, 6.07) is 12.9. The summed E-state index contributed by atoms with van der Waals surface area (Å²) in [5.41, 5.74) is 2.48. The van der Waals surface area contributed by atoms with Gasteiger partial charge in [-0.3, -0.25) is 0 Å². The number of aromatic nitrogens is 5. The third kappa shape index (κ3) is 4.08. The fourth-order valence-electron chi connectivity index (χ4n) is 3.37. The molecule has 4 heterocycles. The predicted octanol–water partition coefficient (Wildman–Crippen LogP) is 4.60. The molecule has 0 N–H and O–H groups in total. The highest BCUT2D eigenvalue weighted by molar-refractivity contribution is 7.13. The summed E-state index contributed by atoms with van der Waals surface area (Å²) in [4.78, 5) is 23.0. The summed E-state index contributed by atoms with van der Waals surface area (Å²) in [5, 5.41) is 10.9. The Balaban J connectivity index is 1.38. The minimum atomic E-state index is -0.514. The number of benzene rings is 1. The SMILES string of the molecule is CCn1ncc2c(C(=O)OCc3nc(-c4ccc(OC)cc4)no3)cc(-c3cccs3)nc21. The van der Waals surface area contributed by atoms with E-state index in [9.17, 15) is 4.79 Å². The average Bonchev–Trinajstić information content (AvgIpc) is 3.62. The molecule has 10 heteroatoms. The molecule has 9 nitrogen and oxygen atoms in total. The highest BCUT2D eigenvalue weighted by atomic mass is 32.1. The monoisotopic (exact) mass is 461 g/mol. The van der Waals surface area contributed by atoms with Crippen LogP contribution in [0.25, 0.3) is 33.0 Å². The molecule has 0 spiro atoms. The Morgan fingerprint density at radius 1 is 1.18 bits per heavy atom. The van der Waals surface area contributed by atoms with Gasteiger partial charge >= 0.3 is 5.97 Å². The van der Waals surface area contributed by atoms with Crippen LogP contribution in [0, 0.1) is 0 Å². The van der Waals surface area contributed by atoms with Crippen LogP contribution in [0.4, 0.5) is 0 Å². The molecule has 33 heavy (non-hydrogen) atoms. The highest BCUT2D eigenvalue weighted by Gasteiger charge is 2.20. The Hall–Kier alpha value is -4.05. The van der Waals surface area contributed by atoms with Crippen molar-refractivity contribution in [3.8, 4) is 27.7 Å². The predicted molar refractivity (Wildman–Crippen MR) is 122 cm³/mol. The van der Waals surface area contributed by atoms with Crippen molar-refractivity contribution < 1.29 is 18.8 Å². The van der Waals surface area contributed by atoms with Crippen LogP contribution >= 0.6 is 11.3 Å². The third-order valence-corrected chi connectivity index (χ3v) is 5.94. The van der Waals surface area contributed by atoms with Crippen molar-refractivity contribution in [1.29, 1.82) is 0 Å². The number of methoxy groups -OCH3 is 1. The van der Waals surface area contributed by atoms with Crippen LogP contribution in [0.3, 0.4) is 0 Å². The zero-order chi connectivity index (χ0) is 22.8. The number of aryl methyl sites for hydroxylation is 1. The van der Waals surface area contributed by atoms with Gasteiger partial charge in [-0.15, -0.1) is 11.3 Å². The van der Waals surface area contributed by atoms with Gasteiger partial charge < -0.3 is 14.0 Å². The van der Waals surface area contributed by atoms with Crippen LogP contribution in [0.2, 0.25) is 0 Å². The second-order valence-electron chi connectivity index (χ2n) is 7.05. The van der Waals surface area contributed by atoms with E-state index >= 15 is 0 Å². The van der Waals surface area contributed by atoms with E-state index in [1.165, 1.54) is 0 Å². The van der Waals surface area contributed by atoms with Crippen molar-refractivity contribution >= 4 is 28.3 Å². The van der Waals surface area contributed by atoms with E-state index in [0.717, 1.165) is 16.2 Å². The van der Waals surface area contributed by atoms with Gasteiger partial charge in [-0.1, -0.05) is 11.2 Å². The number of pyridine rings is 1. The number of ether oxygens (including phenoxy) is 2. The number of carbonyl (C=O) groups is 1. The van der Waals surface area contributed by atoms with Crippen molar-refractivity contribution in [2.24, 2.45) is 0 Å². The van der Waals surface area contributed by atoms with Crippen LogP contribution in [0.1, 0.15) is 23.2 Å². The number of esters is 1. The maximum atomic E-state index is 13.0. The summed E-state index contributed by atoms with van der Waals surface area (Å²) in [6.45, 7) is 2.46. The molecule has 0 fully saturated rings. The van der Waals surface area contributed by atoms with Gasteiger partial charge in [0.25, 0.3) is 5.89 Å². The molecule has 166 valence electrons. The Kier molecular flexibility index (Phi) is 5.57. The summed E-state index contributed by atoms with van der Waals surface area (Å²) >= 11 is 1.55. The smallest absolute Gasteiger partial charge is 0.339 e. The van der Waals surface area contributed by atoms with Crippen molar-refractivity contribution in [2.75, 3.05) is 7.11 Å². The fraction of sp³-hybridized carbons (Fsp3) is 0.174. The van der Waals surface area contributed by atoms with Gasteiger partial charge in [-0.25, -0.2) is 14.5 Å². The molecule has 0 amide bonds. The molecular formula is C23H19N5O4S. The van der Waals surface area contributed by atoms with Crippen LogP contribution in [0.15, 0.2) is 58.6 Å². The molecule has 0 radical (unpaired) electrons. The molecule has 0 aliphatic carbocycles. The number of fused-ring (bicyclic) bond motifs is 1. The number of hydrogen-bond donors (Lipinski definition) is 0. The van der Waals surface area contributed by atoms with Crippen LogP contribution in [-0.4, -0.2) is 38.0 Å². The molecule has 0 bridgehead atoms. The minimum Gasteiger partial charge on any atom is -0.497 e. The molecular weight excluding hydrogens is 442 g/mol. The van der Waals surface area contributed by atoms with E-state index in [1.54, 1.807) is 35.4 Å². The second kappa shape index (κ2) is 8.83. The van der Waals surface area contributed by atoms with Crippen LogP contribution < -0.4 is 4.74 Å². The number of thiophene rings is 1. The van der Waals surface area contributed by atoms with Gasteiger partial charge in [0.15, 0.2) is 12.3 Å². The first-order chi connectivity index (χ1) is 16.2. The van der Waals surface area contributed by atoms with Gasteiger partial charge in [0.1, 0.15) is 5.75 Å². The fourth-order valence-corrected chi connectivity index (χ4v) is 4.06. The van der Waals surface area contributed by atoms with Gasteiger partial charge in [0, 0.05) is 12.1 Å². The van der Waals surface area contributed by atoms with E-state index in [-0.39, 0.29) is 12.5 Å². The van der Waals surface area contributed by atoms with E-state index in [2.05, 4.69) is 15.2 Å². The molecule has 0 aliphatic rings. The standard InChI is InChI=1S/C23H19N5O4S/c1-3-28-22-17(12-24-28)16(11-18(25-22)19-5-4-10-33-19)23(29)31-13-20-26-21(27-32-20)14-6-8-15(30-2)9-7-14/h4-12H,3,13H2,1-2H3. The molecule has 0 aliphatic heterocycles. The number of rotatable bonds is 7. The summed E-state index contributed by atoms with van der Waals surface area (Å²) < 4.78 is 17.7. The minimum absolute atomic E-state index is 0.151. The largest absolute Gasteiger partial charge is 0.497 e. The molecule has 0 atom stereocenters.